The van der Waals surface area contributed by atoms with Crippen molar-refractivity contribution in [1.82, 2.24) is 10.2 Å². The zero-order valence-corrected chi connectivity index (χ0v) is 9.95. The molecule has 5 heteroatoms. The molecule has 0 spiro atoms. The lowest BCUT2D eigenvalue weighted by atomic mass is 10.0. The normalized spacial score (nSPS) is 24.3. The smallest absolute Gasteiger partial charge is 0.220 e. The van der Waals surface area contributed by atoms with Crippen molar-refractivity contribution in [3.63, 3.8) is 0 Å². The van der Waals surface area contributed by atoms with Crippen molar-refractivity contribution in [2.24, 2.45) is 5.92 Å². The zero-order valence-electron chi connectivity index (χ0n) is 9.95. The maximum Gasteiger partial charge on any atom is 0.220 e. The third-order valence-electron chi connectivity index (χ3n) is 2.90. The Hall–Kier alpha value is -1.39. The molecule has 0 radical (unpaired) electrons. The first-order valence-electron chi connectivity index (χ1n) is 5.44. The summed E-state index contributed by atoms with van der Waals surface area (Å²) in [6.07, 6.45) is 0.648. The predicted molar refractivity (Wildman–Crippen MR) is 58.6 cm³/mol. The Bertz CT molecular complexity index is 292. The molecule has 0 aliphatic carbocycles. The maximum absolute atomic E-state index is 11.4. The van der Waals surface area contributed by atoms with E-state index in [-0.39, 0.29) is 29.6 Å². The first-order chi connectivity index (χ1) is 7.41. The fourth-order valence-electron chi connectivity index (χ4n) is 2.09. The minimum absolute atomic E-state index is 0.0144. The van der Waals surface area contributed by atoms with E-state index in [0.29, 0.717) is 19.5 Å². The van der Waals surface area contributed by atoms with Gasteiger partial charge in [-0.15, -0.1) is 0 Å². The van der Waals surface area contributed by atoms with Gasteiger partial charge in [-0.3, -0.25) is 14.4 Å². The molecular formula is C11H18N2O3. The Labute approximate surface area is 95.2 Å². The molecule has 0 saturated carbocycles. The Morgan fingerprint density at radius 2 is 1.88 bits per heavy atom. The van der Waals surface area contributed by atoms with Crippen LogP contribution in [0, 0.1) is 5.92 Å². The molecule has 1 fully saturated rings. The van der Waals surface area contributed by atoms with E-state index in [2.05, 4.69) is 5.32 Å². The number of carbonyl (C=O) groups excluding carboxylic acids is 3. The second-order valence-electron chi connectivity index (χ2n) is 4.34. The lowest BCUT2D eigenvalue weighted by Gasteiger charge is -2.20. The van der Waals surface area contributed by atoms with Gasteiger partial charge >= 0.3 is 0 Å². The zero-order chi connectivity index (χ0) is 12.3. The molecule has 16 heavy (non-hydrogen) atoms. The molecule has 5 nitrogen and oxygen atoms in total. The molecule has 0 aromatic carbocycles. The van der Waals surface area contributed by atoms with E-state index in [1.165, 1.54) is 20.8 Å². The summed E-state index contributed by atoms with van der Waals surface area (Å²) in [6.45, 7) is 5.51. The summed E-state index contributed by atoms with van der Waals surface area (Å²) in [4.78, 5) is 35.1. The number of nitrogens with zero attached hydrogens (tertiary/aromatic N) is 1. The molecule has 2 atom stereocenters. The van der Waals surface area contributed by atoms with Crippen molar-refractivity contribution < 1.29 is 14.4 Å². The number of carbonyl (C=O) groups is 3. The topological polar surface area (TPSA) is 66.5 Å². The molecule has 1 aliphatic rings. The van der Waals surface area contributed by atoms with Gasteiger partial charge < -0.3 is 10.2 Å². The highest BCUT2D eigenvalue weighted by Crippen LogP contribution is 2.23. The monoisotopic (exact) mass is 226 g/mol. The SMILES string of the molecule is CC(=O)NCC1CC(C(C)=O)N(C(C)=O)C1. The summed E-state index contributed by atoms with van der Waals surface area (Å²) in [6, 6.07) is -0.309. The van der Waals surface area contributed by atoms with E-state index < -0.39 is 0 Å². The Morgan fingerprint density at radius 1 is 1.25 bits per heavy atom. The number of Topliss-reactive ketones (excluding diaryl/α,β-unsaturated/α-hetero) is 1. The van der Waals surface area contributed by atoms with Gasteiger partial charge in [0, 0.05) is 26.9 Å². The molecular weight excluding hydrogens is 208 g/mol. The van der Waals surface area contributed by atoms with Crippen LogP contribution in [0.5, 0.6) is 0 Å². The molecule has 1 N–H and O–H groups in total. The van der Waals surface area contributed by atoms with E-state index in [4.69, 9.17) is 0 Å². The molecule has 2 amide bonds. The van der Waals surface area contributed by atoms with E-state index in [9.17, 15) is 14.4 Å². The van der Waals surface area contributed by atoms with Crippen LogP contribution >= 0.6 is 0 Å². The second-order valence-corrected chi connectivity index (χ2v) is 4.34. The van der Waals surface area contributed by atoms with Crippen LogP contribution in [0.15, 0.2) is 0 Å². The van der Waals surface area contributed by atoms with Gasteiger partial charge in [0.1, 0.15) is 0 Å². The Balaban J connectivity index is 2.58. The molecule has 1 saturated heterocycles. The highest BCUT2D eigenvalue weighted by Gasteiger charge is 2.36. The fraction of sp³-hybridized carbons (Fsp3) is 0.727. The summed E-state index contributed by atoms with van der Waals surface area (Å²) in [5.41, 5.74) is 0. The van der Waals surface area contributed by atoms with Gasteiger partial charge in [-0.2, -0.15) is 0 Å². The van der Waals surface area contributed by atoms with E-state index in [0.717, 1.165) is 0 Å². The van der Waals surface area contributed by atoms with Crippen molar-refractivity contribution in [2.45, 2.75) is 33.2 Å². The molecule has 0 bridgehead atoms. The number of amides is 2. The largest absolute Gasteiger partial charge is 0.356 e. The van der Waals surface area contributed by atoms with Crippen LogP contribution in [0.2, 0.25) is 0 Å². The fourth-order valence-corrected chi connectivity index (χ4v) is 2.09. The Kier molecular flexibility index (Phi) is 4.04. The summed E-state index contributed by atoms with van der Waals surface area (Å²) in [5.74, 6) is 0.0356. The van der Waals surface area contributed by atoms with Crippen LogP contribution in [-0.4, -0.2) is 41.6 Å². The highest BCUT2D eigenvalue weighted by atomic mass is 16.2. The molecule has 1 rings (SSSR count). The predicted octanol–water partition coefficient (Wildman–Crippen LogP) is -0.0515. The standard InChI is InChI=1S/C11H18N2O3/c1-7(14)11-4-10(5-12-8(2)15)6-13(11)9(3)16/h10-11H,4-6H2,1-3H3,(H,12,15). The van der Waals surface area contributed by atoms with Crippen molar-refractivity contribution in [1.29, 1.82) is 0 Å². The summed E-state index contributed by atoms with van der Waals surface area (Å²) in [7, 11) is 0. The van der Waals surface area contributed by atoms with Gasteiger partial charge in [-0.1, -0.05) is 0 Å². The van der Waals surface area contributed by atoms with Gasteiger partial charge in [0.05, 0.1) is 6.04 Å². The van der Waals surface area contributed by atoms with Crippen LogP contribution in [0.4, 0.5) is 0 Å². The lowest BCUT2D eigenvalue weighted by molar-refractivity contribution is -0.135. The van der Waals surface area contributed by atoms with E-state index in [1.807, 2.05) is 0 Å². The van der Waals surface area contributed by atoms with E-state index >= 15 is 0 Å². The van der Waals surface area contributed by atoms with E-state index in [1.54, 1.807) is 4.90 Å². The van der Waals surface area contributed by atoms with Gasteiger partial charge in [0.15, 0.2) is 5.78 Å². The lowest BCUT2D eigenvalue weighted by Crippen LogP contribution is -2.38. The molecule has 90 valence electrons. The van der Waals surface area contributed by atoms with Gasteiger partial charge in [-0.25, -0.2) is 0 Å². The molecule has 0 aromatic heterocycles. The molecule has 2 unspecified atom stereocenters. The number of nitrogens with one attached hydrogen (secondary N) is 1. The van der Waals surface area contributed by atoms with Crippen molar-refractivity contribution in [2.75, 3.05) is 13.1 Å². The van der Waals surface area contributed by atoms with Gasteiger partial charge in [0.25, 0.3) is 0 Å². The molecule has 1 aliphatic heterocycles. The quantitative estimate of drug-likeness (QED) is 0.733. The number of rotatable bonds is 3. The van der Waals surface area contributed by atoms with Crippen LogP contribution < -0.4 is 5.32 Å². The summed E-state index contributed by atoms with van der Waals surface area (Å²) >= 11 is 0. The first-order valence-corrected chi connectivity index (χ1v) is 5.44. The van der Waals surface area contributed by atoms with Crippen molar-refractivity contribution >= 4 is 17.6 Å². The molecule has 0 aromatic rings. The number of ketones is 1. The number of hydrogen-bond acceptors (Lipinski definition) is 3. The third kappa shape index (κ3) is 3.05. The minimum atomic E-state index is -0.309. The summed E-state index contributed by atoms with van der Waals surface area (Å²) < 4.78 is 0. The van der Waals surface area contributed by atoms with Gasteiger partial charge in [0.2, 0.25) is 11.8 Å². The van der Waals surface area contributed by atoms with Crippen LogP contribution in [0.3, 0.4) is 0 Å². The van der Waals surface area contributed by atoms with Gasteiger partial charge in [-0.05, 0) is 19.3 Å². The molecule has 1 heterocycles. The number of likely N-dealkylation sites (tertiary alicyclic amines) is 1. The minimum Gasteiger partial charge on any atom is -0.356 e. The highest BCUT2D eigenvalue weighted by molar-refractivity contribution is 5.87. The van der Waals surface area contributed by atoms with Crippen molar-refractivity contribution in [3.8, 4) is 0 Å². The van der Waals surface area contributed by atoms with Crippen LogP contribution in [0.25, 0.3) is 0 Å². The number of hydrogen-bond donors (Lipinski definition) is 1. The van der Waals surface area contributed by atoms with Crippen molar-refractivity contribution in [3.05, 3.63) is 0 Å². The third-order valence-corrected chi connectivity index (χ3v) is 2.90. The Morgan fingerprint density at radius 3 is 2.25 bits per heavy atom. The maximum atomic E-state index is 11.4. The van der Waals surface area contributed by atoms with Crippen LogP contribution in [0.1, 0.15) is 27.2 Å². The average Bonchev–Trinajstić information content (AvgIpc) is 2.58. The van der Waals surface area contributed by atoms with Crippen LogP contribution in [-0.2, 0) is 14.4 Å². The second kappa shape index (κ2) is 5.09. The first kappa shape index (κ1) is 12.7. The summed E-state index contributed by atoms with van der Waals surface area (Å²) in [5, 5.41) is 2.72. The average molecular weight is 226 g/mol.